The molecule has 112 valence electrons. The SMILES string of the molecule is CCNC(c1ccccc1)C(C)Cc1ccc(Cl)cc1Cl. The average Bonchev–Trinajstić information content (AvgIpc) is 2.48. The molecule has 0 saturated heterocycles. The van der Waals surface area contributed by atoms with Gasteiger partial charge in [-0.3, -0.25) is 0 Å². The van der Waals surface area contributed by atoms with Gasteiger partial charge in [-0.05, 0) is 42.1 Å². The highest BCUT2D eigenvalue weighted by molar-refractivity contribution is 6.35. The monoisotopic (exact) mass is 321 g/mol. The van der Waals surface area contributed by atoms with Gasteiger partial charge in [0.1, 0.15) is 0 Å². The minimum Gasteiger partial charge on any atom is -0.310 e. The second-order valence-electron chi connectivity index (χ2n) is 5.36. The van der Waals surface area contributed by atoms with Crippen LogP contribution in [0, 0.1) is 5.92 Å². The van der Waals surface area contributed by atoms with Crippen molar-refractivity contribution in [2.75, 3.05) is 6.54 Å². The van der Waals surface area contributed by atoms with E-state index in [1.165, 1.54) is 5.56 Å². The summed E-state index contributed by atoms with van der Waals surface area (Å²) in [7, 11) is 0. The third-order valence-corrected chi connectivity index (χ3v) is 4.30. The predicted octanol–water partition coefficient (Wildman–Crippen LogP) is 5.52. The Kier molecular flexibility index (Phi) is 6.10. The zero-order chi connectivity index (χ0) is 15.2. The van der Waals surface area contributed by atoms with Crippen LogP contribution in [0.3, 0.4) is 0 Å². The lowest BCUT2D eigenvalue weighted by Gasteiger charge is -2.26. The third kappa shape index (κ3) is 4.47. The van der Waals surface area contributed by atoms with Crippen molar-refractivity contribution in [1.82, 2.24) is 5.32 Å². The smallest absolute Gasteiger partial charge is 0.0452 e. The third-order valence-electron chi connectivity index (χ3n) is 3.71. The van der Waals surface area contributed by atoms with Crippen molar-refractivity contribution >= 4 is 23.2 Å². The molecule has 2 aromatic carbocycles. The first-order valence-corrected chi connectivity index (χ1v) is 8.09. The van der Waals surface area contributed by atoms with Crippen LogP contribution in [0.5, 0.6) is 0 Å². The Morgan fingerprint density at radius 3 is 2.38 bits per heavy atom. The van der Waals surface area contributed by atoms with Gasteiger partial charge < -0.3 is 5.32 Å². The molecule has 0 aliphatic rings. The van der Waals surface area contributed by atoms with Crippen LogP contribution in [0.4, 0.5) is 0 Å². The first kappa shape index (κ1) is 16.4. The highest BCUT2D eigenvalue weighted by Gasteiger charge is 2.19. The molecule has 0 amide bonds. The summed E-state index contributed by atoms with van der Waals surface area (Å²) in [6.07, 6.45) is 0.919. The quantitative estimate of drug-likeness (QED) is 0.738. The number of benzene rings is 2. The van der Waals surface area contributed by atoms with E-state index in [2.05, 4.69) is 43.4 Å². The summed E-state index contributed by atoms with van der Waals surface area (Å²) in [6.45, 7) is 5.33. The van der Waals surface area contributed by atoms with Gasteiger partial charge in [0.2, 0.25) is 0 Å². The molecule has 0 bridgehead atoms. The van der Waals surface area contributed by atoms with E-state index in [9.17, 15) is 0 Å². The molecule has 0 fully saturated rings. The Bertz CT molecular complexity index is 569. The summed E-state index contributed by atoms with van der Waals surface area (Å²) in [5.74, 6) is 0.436. The van der Waals surface area contributed by atoms with E-state index in [0.29, 0.717) is 17.0 Å². The van der Waals surface area contributed by atoms with Gasteiger partial charge in [-0.25, -0.2) is 0 Å². The van der Waals surface area contributed by atoms with Crippen molar-refractivity contribution in [3.05, 3.63) is 69.7 Å². The zero-order valence-electron chi connectivity index (χ0n) is 12.4. The van der Waals surface area contributed by atoms with Gasteiger partial charge in [-0.2, -0.15) is 0 Å². The highest BCUT2D eigenvalue weighted by atomic mass is 35.5. The first-order valence-electron chi connectivity index (χ1n) is 7.34. The molecule has 0 radical (unpaired) electrons. The summed E-state index contributed by atoms with van der Waals surface area (Å²) in [6, 6.07) is 16.6. The van der Waals surface area contributed by atoms with Gasteiger partial charge in [-0.15, -0.1) is 0 Å². The Morgan fingerprint density at radius 1 is 1.05 bits per heavy atom. The Balaban J connectivity index is 2.17. The van der Waals surface area contributed by atoms with Crippen LogP contribution >= 0.6 is 23.2 Å². The molecular formula is C18H21Cl2N. The average molecular weight is 322 g/mol. The molecule has 2 rings (SSSR count). The normalized spacial score (nSPS) is 13.9. The molecular weight excluding hydrogens is 301 g/mol. The van der Waals surface area contributed by atoms with Crippen molar-refractivity contribution in [2.24, 2.45) is 5.92 Å². The van der Waals surface area contributed by atoms with Gasteiger partial charge in [0.25, 0.3) is 0 Å². The molecule has 2 unspecified atom stereocenters. The summed E-state index contributed by atoms with van der Waals surface area (Å²) in [5.41, 5.74) is 2.46. The van der Waals surface area contributed by atoms with Crippen LogP contribution < -0.4 is 5.32 Å². The van der Waals surface area contributed by atoms with Crippen molar-refractivity contribution in [3.63, 3.8) is 0 Å². The van der Waals surface area contributed by atoms with Crippen LogP contribution in [-0.2, 0) is 6.42 Å². The fourth-order valence-electron chi connectivity index (χ4n) is 2.68. The maximum absolute atomic E-state index is 6.30. The van der Waals surface area contributed by atoms with Gasteiger partial charge in [0.15, 0.2) is 0 Å². The minimum absolute atomic E-state index is 0.322. The number of hydrogen-bond donors (Lipinski definition) is 1. The largest absolute Gasteiger partial charge is 0.310 e. The predicted molar refractivity (Wildman–Crippen MR) is 92.2 cm³/mol. The van der Waals surface area contributed by atoms with Gasteiger partial charge in [0.05, 0.1) is 0 Å². The van der Waals surface area contributed by atoms with E-state index in [0.717, 1.165) is 23.6 Å². The van der Waals surface area contributed by atoms with E-state index in [1.54, 1.807) is 0 Å². The molecule has 0 aliphatic heterocycles. The highest BCUT2D eigenvalue weighted by Crippen LogP contribution is 2.29. The second kappa shape index (κ2) is 7.84. The first-order chi connectivity index (χ1) is 10.1. The molecule has 2 atom stereocenters. The Labute approximate surface area is 137 Å². The second-order valence-corrected chi connectivity index (χ2v) is 6.21. The lowest BCUT2D eigenvalue weighted by Crippen LogP contribution is -2.28. The Morgan fingerprint density at radius 2 is 1.76 bits per heavy atom. The number of halogens is 2. The van der Waals surface area contributed by atoms with E-state index >= 15 is 0 Å². The molecule has 3 heteroatoms. The zero-order valence-corrected chi connectivity index (χ0v) is 14.0. The number of nitrogens with one attached hydrogen (secondary N) is 1. The van der Waals surface area contributed by atoms with Crippen LogP contribution in [0.2, 0.25) is 10.0 Å². The van der Waals surface area contributed by atoms with Gasteiger partial charge in [0, 0.05) is 16.1 Å². The molecule has 0 spiro atoms. The number of rotatable bonds is 6. The van der Waals surface area contributed by atoms with Crippen LogP contribution in [0.15, 0.2) is 48.5 Å². The summed E-state index contributed by atoms with van der Waals surface area (Å²) in [5, 5.41) is 5.01. The van der Waals surface area contributed by atoms with Crippen LogP contribution in [0.25, 0.3) is 0 Å². The van der Waals surface area contributed by atoms with E-state index in [-0.39, 0.29) is 0 Å². The number of hydrogen-bond acceptors (Lipinski definition) is 1. The van der Waals surface area contributed by atoms with Crippen LogP contribution in [-0.4, -0.2) is 6.54 Å². The molecule has 0 aromatic heterocycles. The van der Waals surface area contributed by atoms with Crippen LogP contribution in [0.1, 0.15) is 31.0 Å². The van der Waals surface area contributed by atoms with E-state index < -0.39 is 0 Å². The van der Waals surface area contributed by atoms with Crippen molar-refractivity contribution in [1.29, 1.82) is 0 Å². The van der Waals surface area contributed by atoms with Crippen molar-refractivity contribution < 1.29 is 0 Å². The van der Waals surface area contributed by atoms with Gasteiger partial charge in [-0.1, -0.05) is 73.4 Å². The van der Waals surface area contributed by atoms with E-state index in [4.69, 9.17) is 23.2 Å². The minimum atomic E-state index is 0.322. The van der Waals surface area contributed by atoms with Gasteiger partial charge >= 0.3 is 0 Å². The molecule has 0 aliphatic carbocycles. The topological polar surface area (TPSA) is 12.0 Å². The molecule has 21 heavy (non-hydrogen) atoms. The molecule has 1 nitrogen and oxygen atoms in total. The fraction of sp³-hybridized carbons (Fsp3) is 0.333. The summed E-state index contributed by atoms with van der Waals surface area (Å²) < 4.78 is 0. The molecule has 1 N–H and O–H groups in total. The summed E-state index contributed by atoms with van der Waals surface area (Å²) in [4.78, 5) is 0. The maximum atomic E-state index is 6.30. The molecule has 0 heterocycles. The maximum Gasteiger partial charge on any atom is 0.0452 e. The molecule has 2 aromatic rings. The fourth-order valence-corrected chi connectivity index (χ4v) is 3.17. The lowest BCUT2D eigenvalue weighted by atomic mass is 9.89. The Hall–Kier alpha value is -1.02. The standard InChI is InChI=1S/C18H21Cl2N/c1-3-21-18(14-7-5-4-6-8-14)13(2)11-15-9-10-16(19)12-17(15)20/h4-10,12-13,18,21H,3,11H2,1-2H3. The molecule has 0 saturated carbocycles. The lowest BCUT2D eigenvalue weighted by molar-refractivity contribution is 0.391. The van der Waals surface area contributed by atoms with E-state index in [1.807, 2.05) is 24.3 Å². The van der Waals surface area contributed by atoms with Crippen molar-refractivity contribution in [3.8, 4) is 0 Å². The summed E-state index contributed by atoms with van der Waals surface area (Å²) >= 11 is 12.3. The van der Waals surface area contributed by atoms with Crippen molar-refractivity contribution in [2.45, 2.75) is 26.3 Å².